The van der Waals surface area contributed by atoms with E-state index in [0.29, 0.717) is 25.6 Å². The van der Waals surface area contributed by atoms with Gasteiger partial charge in [-0.3, -0.25) is 14.5 Å². The Morgan fingerprint density at radius 1 is 1.37 bits per heavy atom. The second kappa shape index (κ2) is 6.37. The van der Waals surface area contributed by atoms with Gasteiger partial charge in [0.25, 0.3) is 0 Å². The molecule has 1 heterocycles. The van der Waals surface area contributed by atoms with E-state index in [4.69, 9.17) is 5.11 Å². The van der Waals surface area contributed by atoms with Gasteiger partial charge in [-0.05, 0) is 25.7 Å². The standard InChI is InChI=1S/C14H26N2O3/c1-11(2)15-7-8-16(12(17)9-15)10-14(3,4)6-5-13(18)19/h11H,5-10H2,1-4H3,(H,18,19). The lowest BCUT2D eigenvalue weighted by Crippen LogP contribution is -2.54. The molecular formula is C14H26N2O3. The largest absolute Gasteiger partial charge is 0.481 e. The average molecular weight is 270 g/mol. The summed E-state index contributed by atoms with van der Waals surface area (Å²) in [5.74, 6) is -0.618. The third-order valence-corrected chi connectivity index (χ3v) is 3.71. The Morgan fingerprint density at radius 2 is 2.00 bits per heavy atom. The first kappa shape index (κ1) is 16.0. The van der Waals surface area contributed by atoms with Crippen LogP contribution in [0.15, 0.2) is 0 Å². The summed E-state index contributed by atoms with van der Waals surface area (Å²) in [6, 6.07) is 0.395. The fourth-order valence-corrected chi connectivity index (χ4v) is 2.38. The molecule has 0 saturated carbocycles. The fraction of sp³-hybridized carbons (Fsp3) is 0.857. The number of carboxylic acids is 1. The Hall–Kier alpha value is -1.10. The van der Waals surface area contributed by atoms with Crippen LogP contribution in [0.2, 0.25) is 0 Å². The second-order valence-corrected chi connectivity index (χ2v) is 6.44. The maximum Gasteiger partial charge on any atom is 0.303 e. The predicted molar refractivity (Wildman–Crippen MR) is 73.9 cm³/mol. The van der Waals surface area contributed by atoms with Gasteiger partial charge in [0.1, 0.15) is 0 Å². The Bertz CT molecular complexity index is 340. The molecule has 0 aromatic rings. The summed E-state index contributed by atoms with van der Waals surface area (Å²) >= 11 is 0. The van der Waals surface area contributed by atoms with E-state index in [9.17, 15) is 9.59 Å². The smallest absolute Gasteiger partial charge is 0.303 e. The van der Waals surface area contributed by atoms with Crippen molar-refractivity contribution in [1.82, 2.24) is 9.80 Å². The quantitative estimate of drug-likeness (QED) is 0.793. The summed E-state index contributed by atoms with van der Waals surface area (Å²) in [7, 11) is 0. The molecule has 0 bridgehead atoms. The molecule has 1 aliphatic rings. The van der Waals surface area contributed by atoms with Gasteiger partial charge < -0.3 is 10.0 Å². The lowest BCUT2D eigenvalue weighted by molar-refractivity contribution is -0.139. The highest BCUT2D eigenvalue weighted by Gasteiger charge is 2.30. The highest BCUT2D eigenvalue weighted by Crippen LogP contribution is 2.24. The Kier molecular flexibility index (Phi) is 5.35. The minimum Gasteiger partial charge on any atom is -0.481 e. The number of hydrogen-bond acceptors (Lipinski definition) is 3. The molecule has 1 saturated heterocycles. The summed E-state index contributed by atoms with van der Waals surface area (Å²) in [4.78, 5) is 26.8. The summed E-state index contributed by atoms with van der Waals surface area (Å²) in [5, 5.41) is 8.74. The molecule has 1 amide bonds. The Morgan fingerprint density at radius 3 is 2.47 bits per heavy atom. The van der Waals surface area contributed by atoms with Gasteiger partial charge in [0.05, 0.1) is 6.54 Å². The van der Waals surface area contributed by atoms with Crippen LogP contribution >= 0.6 is 0 Å². The van der Waals surface area contributed by atoms with Crippen molar-refractivity contribution in [2.75, 3.05) is 26.2 Å². The average Bonchev–Trinajstić information content (AvgIpc) is 2.29. The monoisotopic (exact) mass is 270 g/mol. The maximum atomic E-state index is 12.1. The van der Waals surface area contributed by atoms with E-state index in [1.807, 2.05) is 18.7 Å². The third-order valence-electron chi connectivity index (χ3n) is 3.71. The number of carboxylic acid groups (broad SMARTS) is 1. The van der Waals surface area contributed by atoms with Crippen LogP contribution < -0.4 is 0 Å². The maximum absolute atomic E-state index is 12.1. The predicted octanol–water partition coefficient (Wildman–Crippen LogP) is 1.43. The molecule has 0 aromatic heterocycles. The van der Waals surface area contributed by atoms with Gasteiger partial charge >= 0.3 is 5.97 Å². The normalized spacial score (nSPS) is 18.2. The summed E-state index contributed by atoms with van der Waals surface area (Å²) < 4.78 is 0. The van der Waals surface area contributed by atoms with Gasteiger partial charge in [0.15, 0.2) is 0 Å². The van der Waals surface area contributed by atoms with Crippen molar-refractivity contribution in [2.45, 2.75) is 46.6 Å². The van der Waals surface area contributed by atoms with Crippen molar-refractivity contribution in [1.29, 1.82) is 0 Å². The zero-order valence-electron chi connectivity index (χ0n) is 12.5. The van der Waals surface area contributed by atoms with Crippen molar-refractivity contribution in [3.05, 3.63) is 0 Å². The van der Waals surface area contributed by atoms with Gasteiger partial charge in [0, 0.05) is 32.1 Å². The van der Waals surface area contributed by atoms with Gasteiger partial charge in [-0.15, -0.1) is 0 Å². The van der Waals surface area contributed by atoms with Crippen molar-refractivity contribution in [3.8, 4) is 0 Å². The first-order chi connectivity index (χ1) is 8.71. The van der Waals surface area contributed by atoms with Crippen LogP contribution in [0, 0.1) is 5.41 Å². The molecule has 0 radical (unpaired) electrons. The van der Waals surface area contributed by atoms with Crippen molar-refractivity contribution >= 4 is 11.9 Å². The fourth-order valence-electron chi connectivity index (χ4n) is 2.38. The van der Waals surface area contributed by atoms with E-state index in [2.05, 4.69) is 18.7 Å². The van der Waals surface area contributed by atoms with Gasteiger partial charge in [-0.2, -0.15) is 0 Å². The second-order valence-electron chi connectivity index (χ2n) is 6.44. The van der Waals surface area contributed by atoms with Gasteiger partial charge in [-0.1, -0.05) is 13.8 Å². The number of carbonyl (C=O) groups excluding carboxylic acids is 1. The molecule has 110 valence electrons. The highest BCUT2D eigenvalue weighted by atomic mass is 16.4. The Labute approximate surface area is 115 Å². The number of nitrogens with zero attached hydrogens (tertiary/aromatic N) is 2. The van der Waals surface area contributed by atoms with Crippen LogP contribution in [0.1, 0.15) is 40.5 Å². The van der Waals surface area contributed by atoms with Crippen LogP contribution in [0.25, 0.3) is 0 Å². The molecule has 0 aromatic carbocycles. The molecule has 5 nitrogen and oxygen atoms in total. The molecule has 0 atom stereocenters. The van der Waals surface area contributed by atoms with Crippen molar-refractivity contribution in [3.63, 3.8) is 0 Å². The first-order valence-electron chi connectivity index (χ1n) is 6.95. The molecule has 1 fully saturated rings. The van der Waals surface area contributed by atoms with Gasteiger partial charge in [-0.25, -0.2) is 0 Å². The minimum absolute atomic E-state index is 0.145. The zero-order chi connectivity index (χ0) is 14.6. The topological polar surface area (TPSA) is 60.9 Å². The number of aliphatic carboxylic acids is 1. The van der Waals surface area contributed by atoms with E-state index in [-0.39, 0.29) is 17.7 Å². The number of hydrogen-bond donors (Lipinski definition) is 1. The summed E-state index contributed by atoms with van der Waals surface area (Å²) in [5.41, 5.74) is -0.145. The third kappa shape index (κ3) is 5.19. The lowest BCUT2D eigenvalue weighted by Gasteiger charge is -2.40. The molecule has 1 N–H and O–H groups in total. The van der Waals surface area contributed by atoms with E-state index < -0.39 is 5.97 Å². The van der Waals surface area contributed by atoms with Crippen molar-refractivity contribution < 1.29 is 14.7 Å². The lowest BCUT2D eigenvalue weighted by atomic mass is 9.87. The SMILES string of the molecule is CC(C)N1CCN(CC(C)(C)CCC(=O)O)C(=O)C1. The molecule has 1 rings (SSSR count). The van der Waals surface area contributed by atoms with Crippen LogP contribution in [0.3, 0.4) is 0 Å². The molecule has 0 spiro atoms. The van der Waals surface area contributed by atoms with E-state index >= 15 is 0 Å². The summed E-state index contributed by atoms with van der Waals surface area (Å²) in [6.45, 7) is 11.0. The van der Waals surface area contributed by atoms with Crippen LogP contribution in [0.4, 0.5) is 0 Å². The minimum atomic E-state index is -0.774. The molecule has 0 aliphatic carbocycles. The van der Waals surface area contributed by atoms with Crippen LogP contribution in [0.5, 0.6) is 0 Å². The van der Waals surface area contributed by atoms with E-state index in [1.165, 1.54) is 0 Å². The number of rotatable bonds is 6. The van der Waals surface area contributed by atoms with E-state index in [0.717, 1.165) is 13.1 Å². The molecule has 19 heavy (non-hydrogen) atoms. The zero-order valence-corrected chi connectivity index (χ0v) is 12.5. The van der Waals surface area contributed by atoms with Crippen molar-refractivity contribution in [2.24, 2.45) is 5.41 Å². The molecular weight excluding hydrogens is 244 g/mol. The molecule has 0 unspecified atom stereocenters. The number of piperazine rings is 1. The van der Waals surface area contributed by atoms with Crippen LogP contribution in [-0.4, -0.2) is 59.0 Å². The Balaban J connectivity index is 2.49. The molecule has 5 heteroatoms. The number of amides is 1. The molecule has 1 aliphatic heterocycles. The highest BCUT2D eigenvalue weighted by molar-refractivity contribution is 5.79. The first-order valence-corrected chi connectivity index (χ1v) is 6.95. The van der Waals surface area contributed by atoms with E-state index in [1.54, 1.807) is 0 Å². The van der Waals surface area contributed by atoms with Gasteiger partial charge in [0.2, 0.25) is 5.91 Å². The van der Waals surface area contributed by atoms with Crippen LogP contribution in [-0.2, 0) is 9.59 Å². The number of carbonyl (C=O) groups is 2. The summed E-state index contributed by atoms with van der Waals surface area (Å²) in [6.07, 6.45) is 0.757.